The highest BCUT2D eigenvalue weighted by Crippen LogP contribution is 2.29. The number of anilines is 2. The second-order valence-electron chi connectivity index (χ2n) is 6.90. The van der Waals surface area contributed by atoms with Crippen molar-refractivity contribution in [3.05, 3.63) is 96.0 Å². The van der Waals surface area contributed by atoms with E-state index in [1.54, 1.807) is 48.7 Å². The van der Waals surface area contributed by atoms with E-state index in [9.17, 15) is 17.6 Å². The average Bonchev–Trinajstić information content (AvgIpc) is 2.78. The van der Waals surface area contributed by atoms with Gasteiger partial charge in [-0.2, -0.15) is 0 Å². The minimum absolute atomic E-state index is 0.0114. The zero-order valence-electron chi connectivity index (χ0n) is 16.6. The molecule has 4 rings (SSSR count). The SMILES string of the molecule is O=C(CN(c1ccc(F)cc1)S(=O)(=O)c1cccc2cnccc12)Nc1cccc(Cl)c1. The Kier molecular flexibility index (Phi) is 6.07. The number of nitrogens with one attached hydrogen (secondary N) is 1. The third kappa shape index (κ3) is 4.56. The van der Waals surface area contributed by atoms with Gasteiger partial charge in [0.2, 0.25) is 5.91 Å². The van der Waals surface area contributed by atoms with Crippen LogP contribution in [0.1, 0.15) is 0 Å². The van der Waals surface area contributed by atoms with Gasteiger partial charge in [-0.05, 0) is 54.6 Å². The lowest BCUT2D eigenvalue weighted by Crippen LogP contribution is -2.38. The summed E-state index contributed by atoms with van der Waals surface area (Å²) in [5.41, 5.74) is 0.578. The van der Waals surface area contributed by atoms with E-state index < -0.39 is 28.3 Å². The molecule has 6 nitrogen and oxygen atoms in total. The highest BCUT2D eigenvalue weighted by Gasteiger charge is 2.29. The van der Waals surface area contributed by atoms with Crippen molar-refractivity contribution in [2.24, 2.45) is 0 Å². The maximum atomic E-state index is 13.7. The molecule has 1 amide bonds. The normalized spacial score (nSPS) is 11.3. The van der Waals surface area contributed by atoms with Crippen molar-refractivity contribution < 1.29 is 17.6 Å². The summed E-state index contributed by atoms with van der Waals surface area (Å²) in [6.07, 6.45) is 3.05. The fourth-order valence-corrected chi connectivity index (χ4v) is 5.08. The Labute approximate surface area is 189 Å². The Morgan fingerprint density at radius 2 is 1.78 bits per heavy atom. The summed E-state index contributed by atoms with van der Waals surface area (Å²) in [4.78, 5) is 16.8. The molecule has 1 heterocycles. The van der Waals surface area contributed by atoms with Gasteiger partial charge < -0.3 is 5.32 Å². The lowest BCUT2D eigenvalue weighted by atomic mass is 10.2. The molecule has 162 valence electrons. The number of rotatable bonds is 6. The van der Waals surface area contributed by atoms with Gasteiger partial charge in [0.1, 0.15) is 12.4 Å². The topological polar surface area (TPSA) is 79.4 Å². The summed E-state index contributed by atoms with van der Waals surface area (Å²) < 4.78 is 41.8. The first-order valence-electron chi connectivity index (χ1n) is 9.51. The van der Waals surface area contributed by atoms with Gasteiger partial charge >= 0.3 is 0 Å². The quantitative estimate of drug-likeness (QED) is 0.437. The summed E-state index contributed by atoms with van der Waals surface area (Å²) in [7, 11) is -4.19. The number of sulfonamides is 1. The highest BCUT2D eigenvalue weighted by atomic mass is 35.5. The Hall–Kier alpha value is -3.49. The van der Waals surface area contributed by atoms with E-state index in [4.69, 9.17) is 11.6 Å². The molecule has 0 aliphatic rings. The Balaban J connectivity index is 1.75. The molecule has 0 radical (unpaired) electrons. The Bertz CT molecular complexity index is 1390. The molecule has 1 N–H and O–H groups in total. The molecular weight excluding hydrogens is 453 g/mol. The molecule has 0 bridgehead atoms. The first-order valence-corrected chi connectivity index (χ1v) is 11.3. The summed E-state index contributed by atoms with van der Waals surface area (Å²) in [5.74, 6) is -1.10. The number of aromatic nitrogens is 1. The number of benzene rings is 3. The predicted octanol–water partition coefficient (Wildman–Crippen LogP) is 4.86. The molecule has 3 aromatic carbocycles. The molecule has 0 unspecified atom stereocenters. The fourth-order valence-electron chi connectivity index (χ4n) is 3.26. The van der Waals surface area contributed by atoms with Crippen molar-refractivity contribution in [3.8, 4) is 0 Å². The van der Waals surface area contributed by atoms with Crippen LogP contribution in [-0.2, 0) is 14.8 Å². The summed E-state index contributed by atoms with van der Waals surface area (Å²) >= 11 is 5.95. The van der Waals surface area contributed by atoms with E-state index in [0.717, 1.165) is 16.4 Å². The van der Waals surface area contributed by atoms with E-state index in [1.165, 1.54) is 24.4 Å². The van der Waals surface area contributed by atoms with Crippen LogP contribution < -0.4 is 9.62 Å². The van der Waals surface area contributed by atoms with Crippen molar-refractivity contribution in [3.63, 3.8) is 0 Å². The average molecular weight is 470 g/mol. The number of carbonyl (C=O) groups is 1. The molecule has 9 heteroatoms. The molecule has 0 atom stereocenters. The third-order valence-corrected chi connectivity index (χ3v) is 6.79. The number of nitrogens with zero attached hydrogens (tertiary/aromatic N) is 2. The first-order chi connectivity index (χ1) is 15.3. The maximum Gasteiger partial charge on any atom is 0.265 e. The molecule has 0 spiro atoms. The third-order valence-electron chi connectivity index (χ3n) is 4.72. The van der Waals surface area contributed by atoms with E-state index in [1.807, 2.05) is 0 Å². The number of amides is 1. The van der Waals surface area contributed by atoms with Crippen molar-refractivity contribution in [1.82, 2.24) is 4.98 Å². The second kappa shape index (κ2) is 8.94. The van der Waals surface area contributed by atoms with Crippen molar-refractivity contribution in [2.75, 3.05) is 16.2 Å². The van der Waals surface area contributed by atoms with Crippen LogP contribution in [0.3, 0.4) is 0 Å². The summed E-state index contributed by atoms with van der Waals surface area (Å²) in [5, 5.41) is 4.17. The largest absolute Gasteiger partial charge is 0.324 e. The molecule has 0 aliphatic heterocycles. The van der Waals surface area contributed by atoms with Crippen LogP contribution in [0.25, 0.3) is 10.8 Å². The number of carbonyl (C=O) groups excluding carboxylic acids is 1. The minimum Gasteiger partial charge on any atom is -0.324 e. The van der Waals surface area contributed by atoms with Crippen molar-refractivity contribution >= 4 is 49.7 Å². The van der Waals surface area contributed by atoms with Gasteiger partial charge in [0, 0.05) is 33.9 Å². The van der Waals surface area contributed by atoms with E-state index in [-0.39, 0.29) is 10.6 Å². The molecule has 0 aliphatic carbocycles. The molecule has 0 saturated heterocycles. The smallest absolute Gasteiger partial charge is 0.265 e. The highest BCUT2D eigenvalue weighted by molar-refractivity contribution is 7.93. The maximum absolute atomic E-state index is 13.7. The van der Waals surface area contributed by atoms with Gasteiger partial charge in [-0.25, -0.2) is 12.8 Å². The lowest BCUT2D eigenvalue weighted by Gasteiger charge is -2.25. The lowest BCUT2D eigenvalue weighted by molar-refractivity contribution is -0.114. The number of pyridine rings is 1. The van der Waals surface area contributed by atoms with Crippen LogP contribution in [0.4, 0.5) is 15.8 Å². The van der Waals surface area contributed by atoms with Gasteiger partial charge in [0.25, 0.3) is 10.0 Å². The van der Waals surface area contributed by atoms with E-state index in [0.29, 0.717) is 21.5 Å². The summed E-state index contributed by atoms with van der Waals surface area (Å²) in [6, 6.07) is 17.8. The zero-order chi connectivity index (χ0) is 22.7. The summed E-state index contributed by atoms with van der Waals surface area (Å²) in [6.45, 7) is -0.526. The molecular formula is C23H17ClFN3O3S. The first kappa shape index (κ1) is 21.7. The molecule has 0 fully saturated rings. The number of hydrogen-bond acceptors (Lipinski definition) is 4. The standard InChI is InChI=1S/C23H17ClFN3O3S/c24-17-4-2-5-19(13-17)27-23(29)15-28(20-9-7-18(25)8-10-20)32(30,31)22-6-1-3-16-14-26-12-11-21(16)22/h1-14H,15H2,(H,27,29). The molecule has 1 aromatic heterocycles. The zero-order valence-corrected chi connectivity index (χ0v) is 18.1. The van der Waals surface area contributed by atoms with Crippen molar-refractivity contribution in [2.45, 2.75) is 4.90 Å². The van der Waals surface area contributed by atoms with Gasteiger partial charge in [0.05, 0.1) is 10.6 Å². The Morgan fingerprint density at radius 1 is 1.03 bits per heavy atom. The van der Waals surface area contributed by atoms with E-state index in [2.05, 4.69) is 10.3 Å². The monoisotopic (exact) mass is 469 g/mol. The second-order valence-corrected chi connectivity index (χ2v) is 9.17. The number of halogens is 2. The van der Waals surface area contributed by atoms with Crippen LogP contribution in [0.2, 0.25) is 5.02 Å². The minimum atomic E-state index is -4.19. The molecule has 4 aromatic rings. The van der Waals surface area contributed by atoms with Crippen LogP contribution in [0.5, 0.6) is 0 Å². The fraction of sp³-hybridized carbons (Fsp3) is 0.0435. The van der Waals surface area contributed by atoms with Gasteiger partial charge in [-0.3, -0.25) is 14.1 Å². The Morgan fingerprint density at radius 3 is 2.53 bits per heavy atom. The number of hydrogen-bond donors (Lipinski definition) is 1. The van der Waals surface area contributed by atoms with Gasteiger partial charge in [0.15, 0.2) is 0 Å². The van der Waals surface area contributed by atoms with Crippen LogP contribution in [-0.4, -0.2) is 25.9 Å². The number of fused-ring (bicyclic) bond motifs is 1. The molecule has 32 heavy (non-hydrogen) atoms. The van der Waals surface area contributed by atoms with Crippen LogP contribution in [0, 0.1) is 5.82 Å². The van der Waals surface area contributed by atoms with Gasteiger partial charge in [-0.1, -0.05) is 29.8 Å². The van der Waals surface area contributed by atoms with E-state index >= 15 is 0 Å². The predicted molar refractivity (Wildman–Crippen MR) is 123 cm³/mol. The van der Waals surface area contributed by atoms with Crippen LogP contribution in [0.15, 0.2) is 90.1 Å². The van der Waals surface area contributed by atoms with Gasteiger partial charge in [-0.15, -0.1) is 0 Å². The molecule has 0 saturated carbocycles. The van der Waals surface area contributed by atoms with Crippen LogP contribution >= 0.6 is 11.6 Å². The van der Waals surface area contributed by atoms with Crippen molar-refractivity contribution in [1.29, 1.82) is 0 Å².